The largest absolute Gasteiger partial charge is 0.428 e. The van der Waals surface area contributed by atoms with E-state index in [1.807, 2.05) is 10.6 Å². The van der Waals surface area contributed by atoms with Crippen LogP contribution in [0.3, 0.4) is 0 Å². The second-order valence-electron chi connectivity index (χ2n) is 5.07. The zero-order valence-electron chi connectivity index (χ0n) is 12.7. The topological polar surface area (TPSA) is 169 Å². The first-order valence-corrected chi connectivity index (χ1v) is 7.08. The lowest BCUT2D eigenvalue weighted by Gasteiger charge is -2.10. The van der Waals surface area contributed by atoms with Gasteiger partial charge in [0.25, 0.3) is 24.3 Å². The molecule has 2 fully saturated rings. The molecule has 3 rings (SSSR count). The van der Waals surface area contributed by atoms with E-state index in [-0.39, 0.29) is 11.1 Å². The van der Waals surface area contributed by atoms with E-state index >= 15 is 0 Å². The van der Waals surface area contributed by atoms with Crippen molar-refractivity contribution in [2.45, 2.75) is 12.5 Å². The molecule has 0 aliphatic carbocycles. The standard InChI is InChI=1S/C14H10N4O8/c19-7-9(17-13(23)15-7)25-11(21)5-1-2-6(4-3-5)12(22)26-10-8(20)16-14(24)18-10/h1-4,9-10H,(H2,15,17,19,23)(H2,16,18,20,24). The van der Waals surface area contributed by atoms with Crippen molar-refractivity contribution < 1.29 is 38.2 Å². The highest BCUT2D eigenvalue weighted by Crippen LogP contribution is 2.10. The third-order valence-corrected chi connectivity index (χ3v) is 3.28. The molecule has 0 radical (unpaired) electrons. The zero-order chi connectivity index (χ0) is 18.8. The molecule has 2 heterocycles. The fourth-order valence-electron chi connectivity index (χ4n) is 2.05. The molecule has 26 heavy (non-hydrogen) atoms. The van der Waals surface area contributed by atoms with Crippen LogP contribution < -0.4 is 21.3 Å². The zero-order valence-corrected chi connectivity index (χ0v) is 12.7. The van der Waals surface area contributed by atoms with Crippen LogP contribution in [0.15, 0.2) is 24.3 Å². The van der Waals surface area contributed by atoms with E-state index in [9.17, 15) is 28.8 Å². The number of rotatable bonds is 4. The van der Waals surface area contributed by atoms with Gasteiger partial charge in [0.05, 0.1) is 11.1 Å². The van der Waals surface area contributed by atoms with Crippen molar-refractivity contribution in [3.8, 4) is 0 Å². The number of hydrogen-bond acceptors (Lipinski definition) is 8. The lowest BCUT2D eigenvalue weighted by molar-refractivity contribution is -0.127. The molecular weight excluding hydrogens is 352 g/mol. The summed E-state index contributed by atoms with van der Waals surface area (Å²) < 4.78 is 9.63. The fraction of sp³-hybridized carbons (Fsp3) is 0.143. The van der Waals surface area contributed by atoms with Crippen molar-refractivity contribution in [1.82, 2.24) is 21.3 Å². The molecule has 12 heteroatoms. The molecule has 2 atom stereocenters. The lowest BCUT2D eigenvalue weighted by atomic mass is 10.1. The quantitative estimate of drug-likeness (QED) is 0.364. The first-order valence-electron chi connectivity index (χ1n) is 7.08. The van der Waals surface area contributed by atoms with Crippen molar-refractivity contribution in [3.05, 3.63) is 35.4 Å². The van der Waals surface area contributed by atoms with Gasteiger partial charge in [0.15, 0.2) is 0 Å². The third-order valence-electron chi connectivity index (χ3n) is 3.28. The third kappa shape index (κ3) is 3.43. The molecule has 4 N–H and O–H groups in total. The summed E-state index contributed by atoms with van der Waals surface area (Å²) in [6, 6.07) is 3.33. The first kappa shape index (κ1) is 16.9. The summed E-state index contributed by atoms with van der Waals surface area (Å²) in [6.07, 6.45) is -2.88. The highest BCUT2D eigenvalue weighted by atomic mass is 16.6. The van der Waals surface area contributed by atoms with Gasteiger partial charge < -0.3 is 9.47 Å². The summed E-state index contributed by atoms with van der Waals surface area (Å²) in [5.41, 5.74) is 0.00447. The predicted molar refractivity (Wildman–Crippen MR) is 78.2 cm³/mol. The fourth-order valence-corrected chi connectivity index (χ4v) is 2.05. The number of benzene rings is 1. The van der Waals surface area contributed by atoms with Crippen LogP contribution in [0.4, 0.5) is 9.59 Å². The van der Waals surface area contributed by atoms with Gasteiger partial charge in [-0.15, -0.1) is 0 Å². The maximum atomic E-state index is 11.9. The van der Waals surface area contributed by atoms with Crippen LogP contribution in [0.1, 0.15) is 20.7 Å². The van der Waals surface area contributed by atoms with E-state index in [1.165, 1.54) is 24.3 Å². The smallest absolute Gasteiger partial charge is 0.340 e. The number of ether oxygens (including phenoxy) is 2. The Balaban J connectivity index is 1.61. The lowest BCUT2D eigenvalue weighted by Crippen LogP contribution is -2.34. The molecule has 2 aliphatic rings. The Morgan fingerprint density at radius 1 is 0.692 bits per heavy atom. The minimum Gasteiger partial charge on any atom is -0.428 e. The summed E-state index contributed by atoms with van der Waals surface area (Å²) in [5.74, 6) is -3.43. The molecule has 0 aromatic heterocycles. The summed E-state index contributed by atoms with van der Waals surface area (Å²) in [5, 5.41) is 7.98. The average Bonchev–Trinajstić information content (AvgIpc) is 3.07. The van der Waals surface area contributed by atoms with Crippen LogP contribution in [0.2, 0.25) is 0 Å². The van der Waals surface area contributed by atoms with E-state index < -0.39 is 48.3 Å². The van der Waals surface area contributed by atoms with E-state index in [2.05, 4.69) is 10.6 Å². The summed E-state index contributed by atoms with van der Waals surface area (Å²) in [7, 11) is 0. The molecule has 2 saturated heterocycles. The number of esters is 2. The summed E-state index contributed by atoms with van der Waals surface area (Å²) in [4.78, 5) is 68.4. The van der Waals surface area contributed by atoms with Crippen molar-refractivity contribution >= 4 is 35.8 Å². The van der Waals surface area contributed by atoms with E-state index in [4.69, 9.17) is 9.47 Å². The van der Waals surface area contributed by atoms with Crippen molar-refractivity contribution in [3.63, 3.8) is 0 Å². The van der Waals surface area contributed by atoms with E-state index in [0.29, 0.717) is 0 Å². The highest BCUT2D eigenvalue weighted by Gasteiger charge is 2.34. The van der Waals surface area contributed by atoms with Crippen LogP contribution in [0, 0.1) is 0 Å². The number of nitrogens with one attached hydrogen (secondary N) is 4. The Morgan fingerprint density at radius 3 is 1.31 bits per heavy atom. The number of imide groups is 2. The van der Waals surface area contributed by atoms with Crippen molar-refractivity contribution in [1.29, 1.82) is 0 Å². The van der Waals surface area contributed by atoms with Gasteiger partial charge in [0.2, 0.25) is 0 Å². The molecule has 6 amide bonds. The molecule has 2 unspecified atom stereocenters. The van der Waals surface area contributed by atoms with Gasteiger partial charge >= 0.3 is 24.0 Å². The maximum absolute atomic E-state index is 11.9. The molecular formula is C14H10N4O8. The van der Waals surface area contributed by atoms with Crippen molar-refractivity contribution in [2.75, 3.05) is 0 Å². The molecule has 0 spiro atoms. The predicted octanol–water partition coefficient (Wildman–Crippen LogP) is -1.67. The number of hydrogen-bond donors (Lipinski definition) is 4. The molecule has 1 aromatic rings. The summed E-state index contributed by atoms with van der Waals surface area (Å²) in [6.45, 7) is 0. The molecule has 2 aliphatic heterocycles. The number of carbonyl (C=O) groups excluding carboxylic acids is 6. The Morgan fingerprint density at radius 2 is 1.04 bits per heavy atom. The Bertz CT molecular complexity index is 765. The first-order chi connectivity index (χ1) is 12.3. The SMILES string of the molecule is O=C1NC(=O)C(OC(=O)c2ccc(C(=O)OC3NC(=O)NC3=O)cc2)N1. The van der Waals surface area contributed by atoms with Gasteiger partial charge in [-0.1, -0.05) is 0 Å². The maximum Gasteiger partial charge on any atom is 0.340 e. The Kier molecular flexibility index (Phi) is 4.22. The van der Waals surface area contributed by atoms with Gasteiger partial charge in [0, 0.05) is 0 Å². The van der Waals surface area contributed by atoms with Gasteiger partial charge in [-0.05, 0) is 24.3 Å². The number of carbonyl (C=O) groups is 6. The Hall–Kier alpha value is -3.96. The van der Waals surface area contributed by atoms with Gasteiger partial charge in [-0.25, -0.2) is 19.2 Å². The monoisotopic (exact) mass is 362 g/mol. The van der Waals surface area contributed by atoms with Crippen LogP contribution in [-0.4, -0.2) is 48.3 Å². The van der Waals surface area contributed by atoms with Crippen LogP contribution in [-0.2, 0) is 19.1 Å². The van der Waals surface area contributed by atoms with Crippen LogP contribution >= 0.6 is 0 Å². The second kappa shape index (κ2) is 6.51. The minimum absolute atomic E-state index is 0.00223. The van der Waals surface area contributed by atoms with Crippen LogP contribution in [0.25, 0.3) is 0 Å². The summed E-state index contributed by atoms with van der Waals surface area (Å²) >= 11 is 0. The number of urea groups is 2. The average molecular weight is 362 g/mol. The minimum atomic E-state index is -1.44. The van der Waals surface area contributed by atoms with E-state index in [0.717, 1.165) is 0 Å². The molecule has 0 bridgehead atoms. The van der Waals surface area contributed by atoms with Crippen molar-refractivity contribution in [2.24, 2.45) is 0 Å². The molecule has 1 aromatic carbocycles. The van der Waals surface area contributed by atoms with Gasteiger partial charge in [-0.2, -0.15) is 0 Å². The molecule has 12 nitrogen and oxygen atoms in total. The van der Waals surface area contributed by atoms with Gasteiger partial charge in [0.1, 0.15) is 0 Å². The van der Waals surface area contributed by atoms with E-state index in [1.54, 1.807) is 0 Å². The number of amides is 6. The molecule has 0 saturated carbocycles. The highest BCUT2D eigenvalue weighted by molar-refractivity contribution is 6.05. The van der Waals surface area contributed by atoms with Crippen LogP contribution in [0.5, 0.6) is 0 Å². The second-order valence-corrected chi connectivity index (χ2v) is 5.07. The Labute approximate surface area is 144 Å². The van der Waals surface area contributed by atoms with Gasteiger partial charge in [-0.3, -0.25) is 30.9 Å². The molecule has 134 valence electrons. The normalized spacial score (nSPS) is 21.4.